The van der Waals surface area contributed by atoms with Gasteiger partial charge < -0.3 is 10.2 Å². The summed E-state index contributed by atoms with van der Waals surface area (Å²) >= 11 is 0. The number of amides is 2. The molecule has 198 valence electrons. The highest BCUT2D eigenvalue weighted by atomic mass is 32.2. The molecule has 0 aromatic heterocycles. The minimum Gasteiger partial charge on any atom is -0.354 e. The van der Waals surface area contributed by atoms with E-state index < -0.39 is 16.1 Å². The van der Waals surface area contributed by atoms with Crippen LogP contribution in [0.5, 0.6) is 0 Å². The lowest BCUT2D eigenvalue weighted by Gasteiger charge is -2.31. The molecule has 0 bridgehead atoms. The van der Waals surface area contributed by atoms with E-state index in [9.17, 15) is 18.0 Å². The molecule has 2 amide bonds. The fourth-order valence-electron chi connectivity index (χ4n) is 4.03. The number of sulfonamides is 1. The predicted octanol–water partition coefficient (Wildman–Crippen LogP) is 4.43. The number of carbonyl (C=O) groups is 2. The summed E-state index contributed by atoms with van der Waals surface area (Å²) in [6.07, 6.45) is 2.14. The first kappa shape index (κ1) is 29.4. The van der Waals surface area contributed by atoms with Crippen molar-refractivity contribution in [2.24, 2.45) is 5.92 Å². The van der Waals surface area contributed by atoms with Crippen molar-refractivity contribution >= 4 is 27.5 Å². The maximum Gasteiger partial charge on any atom is 0.242 e. The smallest absolute Gasteiger partial charge is 0.242 e. The van der Waals surface area contributed by atoms with E-state index in [4.69, 9.17) is 0 Å². The summed E-state index contributed by atoms with van der Waals surface area (Å²) in [6, 6.07) is 14.5. The molecule has 0 spiro atoms. The Morgan fingerprint density at radius 3 is 2.19 bits per heavy atom. The zero-order valence-electron chi connectivity index (χ0n) is 22.5. The molecule has 0 heterocycles. The van der Waals surface area contributed by atoms with Crippen LogP contribution in [0.25, 0.3) is 0 Å². The Bertz CT molecular complexity index is 1110. The summed E-state index contributed by atoms with van der Waals surface area (Å²) < 4.78 is 26.2. The molecule has 0 aliphatic heterocycles. The van der Waals surface area contributed by atoms with Crippen molar-refractivity contribution in [2.75, 3.05) is 23.7 Å². The first-order chi connectivity index (χ1) is 16.9. The number of anilines is 1. The van der Waals surface area contributed by atoms with Gasteiger partial charge in [0.25, 0.3) is 0 Å². The standard InChI is InChI=1S/C28H41N3O4S/c1-7-26(28(33)29-19-21(2)3)30(20-24-12-9-8-11-23(24)5)27(32)13-10-18-31(36(6,34)35)25-16-14-22(4)15-17-25/h8-9,11-12,14-17,21,26H,7,10,13,18-20H2,1-6H3,(H,29,33). The molecule has 0 saturated heterocycles. The number of nitrogens with one attached hydrogen (secondary N) is 1. The van der Waals surface area contributed by atoms with Gasteiger partial charge in [0.05, 0.1) is 11.9 Å². The average molecular weight is 516 g/mol. The molecule has 0 aliphatic carbocycles. The van der Waals surface area contributed by atoms with Crippen LogP contribution >= 0.6 is 0 Å². The number of carbonyl (C=O) groups excluding carboxylic acids is 2. The molecule has 0 radical (unpaired) electrons. The van der Waals surface area contributed by atoms with Gasteiger partial charge in [-0.1, -0.05) is 62.7 Å². The van der Waals surface area contributed by atoms with Crippen LogP contribution in [0.2, 0.25) is 0 Å². The molecule has 36 heavy (non-hydrogen) atoms. The Morgan fingerprint density at radius 2 is 1.64 bits per heavy atom. The molecule has 0 saturated carbocycles. The van der Waals surface area contributed by atoms with E-state index in [0.717, 1.165) is 16.7 Å². The predicted molar refractivity (Wildman–Crippen MR) is 146 cm³/mol. The van der Waals surface area contributed by atoms with E-state index in [1.54, 1.807) is 17.0 Å². The van der Waals surface area contributed by atoms with Crippen LogP contribution in [0.1, 0.15) is 56.7 Å². The van der Waals surface area contributed by atoms with Crippen LogP contribution in [-0.4, -0.2) is 50.5 Å². The third-order valence-corrected chi connectivity index (χ3v) is 7.34. The van der Waals surface area contributed by atoms with Crippen LogP contribution in [0, 0.1) is 19.8 Å². The molecule has 2 rings (SSSR count). The highest BCUT2D eigenvalue weighted by molar-refractivity contribution is 7.92. The van der Waals surface area contributed by atoms with E-state index in [0.29, 0.717) is 37.5 Å². The van der Waals surface area contributed by atoms with Crippen LogP contribution in [0.15, 0.2) is 48.5 Å². The number of aryl methyl sites for hydroxylation is 2. The van der Waals surface area contributed by atoms with Crippen LogP contribution in [0.4, 0.5) is 5.69 Å². The van der Waals surface area contributed by atoms with E-state index >= 15 is 0 Å². The normalized spacial score (nSPS) is 12.3. The van der Waals surface area contributed by atoms with Crippen molar-refractivity contribution in [2.45, 2.75) is 66.5 Å². The van der Waals surface area contributed by atoms with Gasteiger partial charge in [-0.15, -0.1) is 0 Å². The fourth-order valence-corrected chi connectivity index (χ4v) is 4.99. The van der Waals surface area contributed by atoms with Gasteiger partial charge in [0.15, 0.2) is 0 Å². The lowest BCUT2D eigenvalue weighted by molar-refractivity contribution is -0.141. The number of benzene rings is 2. The Labute approximate surface area is 216 Å². The SMILES string of the molecule is CCC(C(=O)NCC(C)C)N(Cc1ccccc1C)C(=O)CCCN(c1ccc(C)cc1)S(C)(=O)=O. The van der Waals surface area contributed by atoms with Crippen molar-refractivity contribution in [3.63, 3.8) is 0 Å². The molecule has 2 aromatic carbocycles. The Morgan fingerprint density at radius 1 is 1.00 bits per heavy atom. The summed E-state index contributed by atoms with van der Waals surface area (Å²) in [5.41, 5.74) is 3.65. The van der Waals surface area contributed by atoms with Crippen LogP contribution in [-0.2, 0) is 26.2 Å². The highest BCUT2D eigenvalue weighted by Crippen LogP contribution is 2.21. The summed E-state index contributed by atoms with van der Waals surface area (Å²) in [6.45, 7) is 10.9. The maximum absolute atomic E-state index is 13.5. The topological polar surface area (TPSA) is 86.8 Å². The average Bonchev–Trinajstić information content (AvgIpc) is 2.81. The number of rotatable bonds is 13. The third kappa shape index (κ3) is 8.66. The van der Waals surface area contributed by atoms with E-state index in [1.807, 2.05) is 71.0 Å². The van der Waals surface area contributed by atoms with Gasteiger partial charge in [0.2, 0.25) is 21.8 Å². The minimum absolute atomic E-state index is 0.137. The van der Waals surface area contributed by atoms with Gasteiger partial charge in [-0.3, -0.25) is 13.9 Å². The lowest BCUT2D eigenvalue weighted by Crippen LogP contribution is -2.49. The van der Waals surface area contributed by atoms with E-state index in [-0.39, 0.29) is 24.8 Å². The third-order valence-electron chi connectivity index (χ3n) is 6.15. The molecule has 0 aliphatic rings. The Balaban J connectivity index is 2.21. The highest BCUT2D eigenvalue weighted by Gasteiger charge is 2.29. The molecule has 1 unspecified atom stereocenters. The second-order valence-electron chi connectivity index (χ2n) is 9.79. The van der Waals surface area contributed by atoms with Crippen LogP contribution < -0.4 is 9.62 Å². The van der Waals surface area contributed by atoms with Crippen molar-refractivity contribution in [1.82, 2.24) is 10.2 Å². The van der Waals surface area contributed by atoms with Gasteiger partial charge in [-0.05, 0) is 55.9 Å². The van der Waals surface area contributed by atoms with Gasteiger partial charge in [0, 0.05) is 26.1 Å². The number of nitrogens with zero attached hydrogens (tertiary/aromatic N) is 2. The molecular formula is C28H41N3O4S. The molecule has 0 fully saturated rings. The molecule has 2 aromatic rings. The fraction of sp³-hybridized carbons (Fsp3) is 0.500. The monoisotopic (exact) mass is 515 g/mol. The number of hydrogen-bond donors (Lipinski definition) is 1. The van der Waals surface area contributed by atoms with Crippen molar-refractivity contribution in [3.05, 3.63) is 65.2 Å². The summed E-state index contributed by atoms with van der Waals surface area (Å²) in [5, 5.41) is 2.97. The number of hydrogen-bond acceptors (Lipinski definition) is 4. The van der Waals surface area contributed by atoms with E-state index in [2.05, 4.69) is 5.32 Å². The zero-order valence-corrected chi connectivity index (χ0v) is 23.3. The Hall–Kier alpha value is -2.87. The van der Waals surface area contributed by atoms with Gasteiger partial charge >= 0.3 is 0 Å². The summed E-state index contributed by atoms with van der Waals surface area (Å²) in [4.78, 5) is 28.2. The van der Waals surface area contributed by atoms with Crippen molar-refractivity contribution in [1.29, 1.82) is 0 Å². The van der Waals surface area contributed by atoms with Gasteiger partial charge in [0.1, 0.15) is 6.04 Å². The maximum atomic E-state index is 13.5. The molecular weight excluding hydrogens is 474 g/mol. The summed E-state index contributed by atoms with van der Waals surface area (Å²) in [7, 11) is -3.51. The Kier molecular flexibility index (Phi) is 11.0. The first-order valence-corrected chi connectivity index (χ1v) is 14.4. The zero-order chi connectivity index (χ0) is 26.9. The quantitative estimate of drug-likeness (QED) is 0.428. The minimum atomic E-state index is -3.51. The van der Waals surface area contributed by atoms with Crippen molar-refractivity contribution < 1.29 is 18.0 Å². The van der Waals surface area contributed by atoms with Crippen LogP contribution in [0.3, 0.4) is 0 Å². The summed E-state index contributed by atoms with van der Waals surface area (Å²) in [5.74, 6) is -0.0246. The first-order valence-electron chi connectivity index (χ1n) is 12.6. The second kappa shape index (κ2) is 13.4. The van der Waals surface area contributed by atoms with Crippen molar-refractivity contribution in [3.8, 4) is 0 Å². The molecule has 1 N–H and O–H groups in total. The molecule has 8 heteroatoms. The largest absolute Gasteiger partial charge is 0.354 e. The molecule has 7 nitrogen and oxygen atoms in total. The van der Waals surface area contributed by atoms with Gasteiger partial charge in [-0.2, -0.15) is 0 Å². The van der Waals surface area contributed by atoms with E-state index in [1.165, 1.54) is 10.6 Å². The van der Waals surface area contributed by atoms with Gasteiger partial charge in [-0.25, -0.2) is 8.42 Å². The second-order valence-corrected chi connectivity index (χ2v) is 11.7. The lowest BCUT2D eigenvalue weighted by atomic mass is 10.0. The molecule has 1 atom stereocenters.